The highest BCUT2D eigenvalue weighted by Crippen LogP contribution is 2.61. The van der Waals surface area contributed by atoms with E-state index in [0.29, 0.717) is 35.0 Å². The van der Waals surface area contributed by atoms with Crippen molar-refractivity contribution in [2.24, 2.45) is 11.8 Å². The van der Waals surface area contributed by atoms with Gasteiger partial charge in [-0.3, -0.25) is 19.3 Å². The fraction of sp³-hybridized carbons (Fsp3) is 0.348. The van der Waals surface area contributed by atoms with Crippen molar-refractivity contribution < 1.29 is 23.5 Å². The average molecular weight is 456 g/mol. The second-order valence-electron chi connectivity index (χ2n) is 8.64. The number of fused-ring (bicyclic) bond motifs is 7. The summed E-state index contributed by atoms with van der Waals surface area (Å²) in [4.78, 5) is 44.2. The van der Waals surface area contributed by atoms with Gasteiger partial charge < -0.3 is 10.1 Å². The van der Waals surface area contributed by atoms with Crippen molar-refractivity contribution in [3.05, 3.63) is 52.8 Å². The summed E-state index contributed by atoms with van der Waals surface area (Å²) in [6, 6.07) is 8.53. The third-order valence-electron chi connectivity index (χ3n) is 7.34. The van der Waals surface area contributed by atoms with Crippen molar-refractivity contribution in [2.75, 3.05) is 23.9 Å². The number of nitrogens with zero attached hydrogens (tertiary/aromatic N) is 2. The fourth-order valence-corrected chi connectivity index (χ4v) is 6.42. The average Bonchev–Trinajstić information content (AvgIpc) is 3.46. The molecule has 1 N–H and O–H groups in total. The summed E-state index contributed by atoms with van der Waals surface area (Å²) in [5, 5.41) is 3.18. The highest BCUT2D eigenvalue weighted by molar-refractivity contribution is 6.32. The van der Waals surface area contributed by atoms with Crippen LogP contribution in [0.4, 0.5) is 15.8 Å². The number of methoxy groups -OCH3 is 1. The molecule has 0 radical (unpaired) electrons. The van der Waals surface area contributed by atoms with Crippen LogP contribution in [0.5, 0.6) is 5.75 Å². The first-order chi connectivity index (χ1) is 15.4. The highest BCUT2D eigenvalue weighted by Gasteiger charge is 2.74. The third kappa shape index (κ3) is 2.21. The molecule has 4 atom stereocenters. The van der Waals surface area contributed by atoms with Gasteiger partial charge in [0.05, 0.1) is 24.6 Å². The Labute approximate surface area is 188 Å². The summed E-state index contributed by atoms with van der Waals surface area (Å²) in [5.41, 5.74) is -0.275. The van der Waals surface area contributed by atoms with Gasteiger partial charge in [-0.15, -0.1) is 0 Å². The van der Waals surface area contributed by atoms with Crippen molar-refractivity contribution in [3.63, 3.8) is 0 Å². The van der Waals surface area contributed by atoms with Crippen molar-refractivity contribution in [3.8, 4) is 5.75 Å². The van der Waals surface area contributed by atoms with Crippen molar-refractivity contribution in [1.29, 1.82) is 0 Å². The number of carbonyl (C=O) groups is 3. The molecule has 7 nitrogen and oxygen atoms in total. The van der Waals surface area contributed by atoms with Gasteiger partial charge in [0.1, 0.15) is 17.1 Å². The Balaban J connectivity index is 1.57. The van der Waals surface area contributed by atoms with Gasteiger partial charge in [0, 0.05) is 22.3 Å². The molecule has 0 bridgehead atoms. The van der Waals surface area contributed by atoms with Gasteiger partial charge in [-0.2, -0.15) is 0 Å². The monoisotopic (exact) mass is 455 g/mol. The zero-order valence-electron chi connectivity index (χ0n) is 17.1. The maximum Gasteiger partial charge on any atom is 0.250 e. The number of carbonyl (C=O) groups excluding carboxylic acids is 3. The van der Waals surface area contributed by atoms with E-state index in [2.05, 4.69) is 5.32 Å². The minimum Gasteiger partial charge on any atom is -0.495 e. The van der Waals surface area contributed by atoms with Crippen LogP contribution in [0, 0.1) is 17.7 Å². The largest absolute Gasteiger partial charge is 0.495 e. The molecule has 3 saturated heterocycles. The first-order valence-corrected chi connectivity index (χ1v) is 10.9. The number of benzene rings is 2. The smallest absolute Gasteiger partial charge is 0.250 e. The number of halogens is 2. The van der Waals surface area contributed by atoms with Crippen LogP contribution < -0.4 is 15.0 Å². The predicted molar refractivity (Wildman–Crippen MR) is 114 cm³/mol. The second-order valence-corrected chi connectivity index (χ2v) is 9.08. The quantitative estimate of drug-likeness (QED) is 0.704. The summed E-state index contributed by atoms with van der Waals surface area (Å²) in [6.45, 7) is 0.558. The number of anilines is 2. The first-order valence-electron chi connectivity index (χ1n) is 10.5. The first kappa shape index (κ1) is 19.7. The molecular formula is C23H19ClFN3O4. The van der Waals surface area contributed by atoms with E-state index in [1.54, 1.807) is 12.1 Å². The van der Waals surface area contributed by atoms with E-state index in [9.17, 15) is 18.8 Å². The summed E-state index contributed by atoms with van der Waals surface area (Å²) in [5.74, 6) is -3.12. The van der Waals surface area contributed by atoms with Gasteiger partial charge in [0.15, 0.2) is 0 Å². The van der Waals surface area contributed by atoms with Gasteiger partial charge in [-0.1, -0.05) is 11.6 Å². The number of nitrogens with one attached hydrogen (secondary N) is 1. The molecule has 32 heavy (non-hydrogen) atoms. The summed E-state index contributed by atoms with van der Waals surface area (Å²) in [6.07, 6.45) is 1.47. The Hall–Kier alpha value is -2.97. The van der Waals surface area contributed by atoms with Crippen LogP contribution in [-0.2, 0) is 19.9 Å². The van der Waals surface area contributed by atoms with Gasteiger partial charge in [-0.05, 0) is 55.8 Å². The molecule has 0 aromatic heterocycles. The number of rotatable bonds is 2. The molecule has 6 rings (SSSR count). The Morgan fingerprint density at radius 1 is 1.16 bits per heavy atom. The number of ether oxygens (including phenoxy) is 1. The second kappa shape index (κ2) is 6.52. The van der Waals surface area contributed by atoms with Crippen molar-refractivity contribution >= 4 is 40.7 Å². The molecule has 164 valence electrons. The minimum absolute atomic E-state index is 0.252. The van der Waals surface area contributed by atoms with Crippen LogP contribution >= 0.6 is 11.6 Å². The molecule has 2 aromatic carbocycles. The number of hydrogen-bond donors (Lipinski definition) is 1. The fourth-order valence-electron chi connectivity index (χ4n) is 6.25. The van der Waals surface area contributed by atoms with Crippen LogP contribution in [0.25, 0.3) is 0 Å². The van der Waals surface area contributed by atoms with Gasteiger partial charge in [-0.25, -0.2) is 9.29 Å². The molecule has 4 aliphatic heterocycles. The molecule has 0 aliphatic carbocycles. The van der Waals surface area contributed by atoms with Crippen LogP contribution in [0.15, 0.2) is 36.4 Å². The Kier molecular flexibility index (Phi) is 4.02. The Morgan fingerprint density at radius 2 is 1.97 bits per heavy atom. The van der Waals surface area contributed by atoms with E-state index in [1.165, 1.54) is 31.4 Å². The van der Waals surface area contributed by atoms with E-state index in [0.717, 1.165) is 11.3 Å². The molecule has 9 heteroatoms. The number of imide groups is 1. The van der Waals surface area contributed by atoms with Crippen molar-refractivity contribution in [1.82, 2.24) is 4.90 Å². The minimum atomic E-state index is -1.42. The molecule has 4 heterocycles. The van der Waals surface area contributed by atoms with Gasteiger partial charge >= 0.3 is 0 Å². The van der Waals surface area contributed by atoms with E-state index < -0.39 is 35.0 Å². The lowest BCUT2D eigenvalue weighted by Gasteiger charge is -2.36. The third-order valence-corrected chi connectivity index (χ3v) is 7.57. The summed E-state index contributed by atoms with van der Waals surface area (Å²) in [7, 11) is 1.45. The van der Waals surface area contributed by atoms with Crippen LogP contribution in [0.3, 0.4) is 0 Å². The lowest BCUT2D eigenvalue weighted by molar-refractivity contribution is -0.135. The molecule has 2 aromatic rings. The van der Waals surface area contributed by atoms with E-state index in [1.807, 2.05) is 4.90 Å². The number of amides is 3. The topological polar surface area (TPSA) is 79.0 Å². The summed E-state index contributed by atoms with van der Waals surface area (Å²) >= 11 is 6.17. The molecule has 0 saturated carbocycles. The van der Waals surface area contributed by atoms with E-state index in [-0.39, 0.29) is 17.6 Å². The zero-order valence-corrected chi connectivity index (χ0v) is 17.9. The van der Waals surface area contributed by atoms with E-state index >= 15 is 0 Å². The highest BCUT2D eigenvalue weighted by atomic mass is 35.5. The lowest BCUT2D eigenvalue weighted by Crippen LogP contribution is -2.54. The molecule has 1 spiro atoms. The van der Waals surface area contributed by atoms with Gasteiger partial charge in [0.2, 0.25) is 17.7 Å². The van der Waals surface area contributed by atoms with Gasteiger partial charge in [0.25, 0.3) is 0 Å². The molecule has 3 amide bonds. The van der Waals surface area contributed by atoms with Crippen LogP contribution in [-0.4, -0.2) is 42.3 Å². The SMILES string of the molecule is COc1ccc(Cl)cc1N1C(=O)[C@@H]2[C@@H]3CCCN3[C@@]3(C(=O)Nc4ccc(F)cc43)[C@H]2C1=O. The Bertz CT molecular complexity index is 1220. The molecule has 0 unspecified atom stereocenters. The maximum atomic E-state index is 14.3. The Morgan fingerprint density at radius 3 is 2.75 bits per heavy atom. The normalized spacial score (nSPS) is 30.7. The zero-order chi connectivity index (χ0) is 22.4. The lowest BCUT2D eigenvalue weighted by atomic mass is 9.75. The maximum absolute atomic E-state index is 14.3. The molecule has 3 fully saturated rings. The van der Waals surface area contributed by atoms with Crippen LogP contribution in [0.1, 0.15) is 18.4 Å². The number of hydrogen-bond acceptors (Lipinski definition) is 5. The predicted octanol–water partition coefficient (Wildman–Crippen LogP) is 2.92. The van der Waals surface area contributed by atoms with E-state index in [4.69, 9.17) is 16.3 Å². The van der Waals surface area contributed by atoms with Crippen molar-refractivity contribution in [2.45, 2.75) is 24.4 Å². The molecule has 4 aliphatic rings. The standard InChI is InChI=1S/C23H19ClFN3O4/c1-32-17-7-4-11(24)9-16(17)28-20(29)18-15-3-2-8-27(15)23(19(18)21(28)30)13-10-12(25)5-6-14(13)26-22(23)31/h4-7,9-10,15,18-19H,2-3,8H2,1H3,(H,26,31)/t15-,18+,19+,23+/m0/s1. The summed E-state index contributed by atoms with van der Waals surface area (Å²) < 4.78 is 19.7. The van der Waals surface area contributed by atoms with Crippen LogP contribution in [0.2, 0.25) is 5.02 Å². The molecular weight excluding hydrogens is 437 g/mol.